The van der Waals surface area contributed by atoms with Gasteiger partial charge < -0.3 is 0 Å². The van der Waals surface area contributed by atoms with E-state index < -0.39 is 0 Å². The van der Waals surface area contributed by atoms with E-state index >= 15 is 0 Å². The normalized spacial score (nSPS) is 32.8. The van der Waals surface area contributed by atoms with Crippen LogP contribution in [0.2, 0.25) is 0 Å². The van der Waals surface area contributed by atoms with Crippen LogP contribution in [-0.2, 0) is 4.79 Å². The Morgan fingerprint density at radius 3 is 2.68 bits per heavy atom. The largest absolute Gasteiger partial charge is 0.298 e. The van der Waals surface area contributed by atoms with Crippen molar-refractivity contribution >= 4 is 28.4 Å². The van der Waals surface area contributed by atoms with Gasteiger partial charge in [0.15, 0.2) is 0 Å². The number of hydrogen-bond acceptors (Lipinski definition) is 4. The van der Waals surface area contributed by atoms with Crippen molar-refractivity contribution < 1.29 is 4.79 Å². The standard InChI is InChI=1S/C18H20N2OS/c1-17(2)12-8-9-18(17,3)15(14(12)21)22-16-11-6-4-5-7-13(11)19-10-20-16/h4-7,10,12,15H,8-9H2,1-3H3/t12-,15+,18+/m0/s1. The van der Waals surface area contributed by atoms with Crippen LogP contribution >= 0.6 is 11.8 Å². The van der Waals surface area contributed by atoms with Gasteiger partial charge in [-0.25, -0.2) is 9.97 Å². The number of benzene rings is 1. The minimum atomic E-state index is 0.0135. The first-order valence-electron chi connectivity index (χ1n) is 7.85. The summed E-state index contributed by atoms with van der Waals surface area (Å²) < 4.78 is 0. The van der Waals surface area contributed by atoms with Gasteiger partial charge in [0.25, 0.3) is 0 Å². The summed E-state index contributed by atoms with van der Waals surface area (Å²) in [5.74, 6) is 0.634. The lowest BCUT2D eigenvalue weighted by Crippen LogP contribution is -2.35. The number of carbonyl (C=O) groups excluding carboxylic acids is 1. The number of thioether (sulfide) groups is 1. The van der Waals surface area contributed by atoms with E-state index in [2.05, 4.69) is 30.7 Å². The minimum absolute atomic E-state index is 0.0135. The molecule has 2 aliphatic rings. The molecule has 22 heavy (non-hydrogen) atoms. The summed E-state index contributed by atoms with van der Waals surface area (Å²) in [6, 6.07) is 8.03. The third kappa shape index (κ3) is 1.67. The molecule has 0 unspecified atom stereocenters. The predicted octanol–water partition coefficient (Wildman–Crippen LogP) is 4.12. The van der Waals surface area contributed by atoms with Crippen molar-refractivity contribution in [2.45, 2.75) is 43.9 Å². The number of hydrogen-bond donors (Lipinski definition) is 0. The van der Waals surface area contributed by atoms with Crippen molar-refractivity contribution in [3.63, 3.8) is 0 Å². The quantitative estimate of drug-likeness (QED) is 0.783. The summed E-state index contributed by atoms with van der Waals surface area (Å²) in [5.41, 5.74) is 1.09. The van der Waals surface area contributed by atoms with Gasteiger partial charge in [-0.3, -0.25) is 4.79 Å². The summed E-state index contributed by atoms with van der Waals surface area (Å²) in [7, 11) is 0. The van der Waals surface area contributed by atoms with Crippen molar-refractivity contribution in [2.75, 3.05) is 0 Å². The highest BCUT2D eigenvalue weighted by atomic mass is 32.2. The number of Topliss-reactive ketones (excluding diaryl/α,β-unsaturated/α-hetero) is 1. The maximum absolute atomic E-state index is 12.9. The van der Waals surface area contributed by atoms with Crippen LogP contribution in [0.15, 0.2) is 35.6 Å². The molecule has 1 heterocycles. The Kier molecular flexibility index (Phi) is 2.93. The van der Waals surface area contributed by atoms with Gasteiger partial charge in [-0.2, -0.15) is 0 Å². The van der Waals surface area contributed by atoms with Crippen molar-refractivity contribution in [2.24, 2.45) is 16.7 Å². The Labute approximate surface area is 134 Å². The van der Waals surface area contributed by atoms with Gasteiger partial charge in [0.1, 0.15) is 17.1 Å². The van der Waals surface area contributed by atoms with Crippen molar-refractivity contribution in [3.8, 4) is 0 Å². The molecule has 2 bridgehead atoms. The number of carbonyl (C=O) groups is 1. The highest BCUT2D eigenvalue weighted by molar-refractivity contribution is 8.00. The summed E-state index contributed by atoms with van der Waals surface area (Å²) in [4.78, 5) is 21.7. The Hall–Kier alpha value is -1.42. The maximum Gasteiger partial charge on any atom is 0.150 e. The zero-order chi connectivity index (χ0) is 15.5. The first kappa shape index (κ1) is 14.2. The molecule has 3 atom stereocenters. The molecule has 0 amide bonds. The van der Waals surface area contributed by atoms with Gasteiger partial charge in [0, 0.05) is 11.3 Å². The van der Waals surface area contributed by atoms with Gasteiger partial charge in [-0.1, -0.05) is 50.7 Å². The summed E-state index contributed by atoms with van der Waals surface area (Å²) in [6.45, 7) is 6.82. The third-order valence-corrected chi connectivity index (χ3v) is 7.75. The molecule has 114 valence electrons. The lowest BCUT2D eigenvalue weighted by atomic mass is 9.71. The lowest BCUT2D eigenvalue weighted by Gasteiger charge is -2.37. The van der Waals surface area contributed by atoms with Crippen molar-refractivity contribution in [1.82, 2.24) is 9.97 Å². The van der Waals surface area contributed by atoms with E-state index in [1.165, 1.54) is 0 Å². The molecule has 0 radical (unpaired) electrons. The molecule has 4 rings (SSSR count). The Morgan fingerprint density at radius 1 is 1.18 bits per heavy atom. The number of ketones is 1. The van der Waals surface area contributed by atoms with Gasteiger partial charge in [-0.05, 0) is 29.7 Å². The molecule has 2 aromatic rings. The average Bonchev–Trinajstić information content (AvgIpc) is 2.81. The zero-order valence-electron chi connectivity index (χ0n) is 13.2. The van der Waals surface area contributed by atoms with Crippen LogP contribution < -0.4 is 0 Å². The molecular weight excluding hydrogens is 292 g/mol. The smallest absolute Gasteiger partial charge is 0.150 e. The second-order valence-corrected chi connectivity index (χ2v) is 8.42. The van der Waals surface area contributed by atoms with E-state index in [4.69, 9.17) is 0 Å². The fraction of sp³-hybridized carbons (Fsp3) is 0.500. The lowest BCUT2D eigenvalue weighted by molar-refractivity contribution is -0.122. The molecule has 4 heteroatoms. The fourth-order valence-electron chi connectivity index (χ4n) is 4.36. The van der Waals surface area contributed by atoms with E-state index in [1.807, 2.05) is 24.3 Å². The topological polar surface area (TPSA) is 42.9 Å². The number of fused-ring (bicyclic) bond motifs is 3. The third-order valence-electron chi connectivity index (χ3n) is 6.21. The molecule has 0 spiro atoms. The van der Waals surface area contributed by atoms with Gasteiger partial charge in [0.05, 0.1) is 10.8 Å². The van der Waals surface area contributed by atoms with Gasteiger partial charge >= 0.3 is 0 Å². The number of para-hydroxylation sites is 1. The van der Waals surface area contributed by atoms with Crippen LogP contribution in [-0.4, -0.2) is 21.0 Å². The van der Waals surface area contributed by atoms with Crippen LogP contribution in [0.25, 0.3) is 10.9 Å². The van der Waals surface area contributed by atoms with E-state index in [9.17, 15) is 4.79 Å². The highest BCUT2D eigenvalue weighted by Gasteiger charge is 2.66. The van der Waals surface area contributed by atoms with E-state index in [0.29, 0.717) is 5.78 Å². The fourth-order valence-corrected chi connectivity index (χ4v) is 5.96. The van der Waals surface area contributed by atoms with E-state index in [-0.39, 0.29) is 22.0 Å². The summed E-state index contributed by atoms with van der Waals surface area (Å²) in [6.07, 6.45) is 3.79. The molecule has 0 saturated heterocycles. The Balaban J connectivity index is 1.76. The molecule has 3 nitrogen and oxygen atoms in total. The first-order chi connectivity index (χ1) is 10.4. The number of rotatable bonds is 2. The predicted molar refractivity (Wildman–Crippen MR) is 88.8 cm³/mol. The summed E-state index contributed by atoms with van der Waals surface area (Å²) in [5, 5.41) is 2.00. The minimum Gasteiger partial charge on any atom is -0.298 e. The van der Waals surface area contributed by atoms with Crippen LogP contribution in [0, 0.1) is 16.7 Å². The monoisotopic (exact) mass is 312 g/mol. The molecule has 2 aliphatic carbocycles. The summed E-state index contributed by atoms with van der Waals surface area (Å²) >= 11 is 1.65. The molecule has 2 fully saturated rings. The molecule has 1 aromatic heterocycles. The number of nitrogens with zero attached hydrogens (tertiary/aromatic N) is 2. The first-order valence-corrected chi connectivity index (χ1v) is 8.73. The zero-order valence-corrected chi connectivity index (χ0v) is 14.0. The average molecular weight is 312 g/mol. The van der Waals surface area contributed by atoms with Crippen LogP contribution in [0.1, 0.15) is 33.6 Å². The van der Waals surface area contributed by atoms with E-state index in [1.54, 1.807) is 18.1 Å². The molecule has 0 aliphatic heterocycles. The van der Waals surface area contributed by atoms with Crippen molar-refractivity contribution in [3.05, 3.63) is 30.6 Å². The molecule has 1 aromatic carbocycles. The second kappa shape index (κ2) is 4.54. The van der Waals surface area contributed by atoms with Crippen molar-refractivity contribution in [1.29, 1.82) is 0 Å². The Morgan fingerprint density at radius 2 is 1.95 bits per heavy atom. The van der Waals surface area contributed by atoms with Gasteiger partial charge in [0.2, 0.25) is 0 Å². The maximum atomic E-state index is 12.9. The van der Waals surface area contributed by atoms with Crippen LogP contribution in [0.3, 0.4) is 0 Å². The molecular formula is C18H20N2OS. The Bertz CT molecular complexity index is 767. The molecule has 2 saturated carbocycles. The number of aromatic nitrogens is 2. The highest BCUT2D eigenvalue weighted by Crippen LogP contribution is 2.67. The van der Waals surface area contributed by atoms with Crippen LogP contribution in [0.5, 0.6) is 0 Å². The van der Waals surface area contributed by atoms with Gasteiger partial charge in [-0.15, -0.1) is 0 Å². The SMILES string of the molecule is CC1(C)[C@H]2CC[C@]1(C)[C@H](Sc1ncnc3ccccc13)C2=O. The van der Waals surface area contributed by atoms with E-state index in [0.717, 1.165) is 28.8 Å². The second-order valence-electron chi connectivity index (χ2n) is 7.33. The molecule has 0 N–H and O–H groups in total. The van der Waals surface area contributed by atoms with Crippen LogP contribution in [0.4, 0.5) is 0 Å².